The Kier molecular flexibility index (Phi) is 2.97. The van der Waals surface area contributed by atoms with Crippen LogP contribution >= 0.6 is 0 Å². The summed E-state index contributed by atoms with van der Waals surface area (Å²) in [6.07, 6.45) is 0. The molecule has 0 aliphatic rings. The third-order valence-electron chi connectivity index (χ3n) is 2.46. The summed E-state index contributed by atoms with van der Waals surface area (Å²) in [5.41, 5.74) is 8.07. The largest absolute Gasteiger partial charge is 0.457 e. The molecule has 84 valence electrons. The molecule has 0 saturated carbocycles. The van der Waals surface area contributed by atoms with E-state index < -0.39 is 0 Å². The van der Waals surface area contributed by atoms with E-state index in [4.69, 9.17) is 15.7 Å². The van der Waals surface area contributed by atoms with Gasteiger partial charge in [-0.05, 0) is 55.0 Å². The third-order valence-corrected chi connectivity index (χ3v) is 2.46. The van der Waals surface area contributed by atoms with Crippen molar-refractivity contribution in [2.45, 2.75) is 6.92 Å². The molecule has 3 nitrogen and oxygen atoms in total. The van der Waals surface area contributed by atoms with Gasteiger partial charge in [-0.1, -0.05) is 0 Å². The highest BCUT2D eigenvalue weighted by Gasteiger charge is 2.00. The Morgan fingerprint density at radius 2 is 1.71 bits per heavy atom. The highest BCUT2D eigenvalue weighted by molar-refractivity contribution is 5.50. The van der Waals surface area contributed by atoms with Crippen LogP contribution in [0.1, 0.15) is 11.1 Å². The molecule has 0 atom stereocenters. The summed E-state index contributed by atoms with van der Waals surface area (Å²) in [6, 6.07) is 14.6. The van der Waals surface area contributed by atoms with E-state index in [0.717, 1.165) is 17.0 Å². The topological polar surface area (TPSA) is 59.0 Å². The predicted octanol–water partition coefficient (Wildman–Crippen LogP) is 3.24. The Morgan fingerprint density at radius 1 is 1.06 bits per heavy atom. The van der Waals surface area contributed by atoms with Gasteiger partial charge < -0.3 is 10.5 Å². The second kappa shape index (κ2) is 4.58. The highest BCUT2D eigenvalue weighted by atomic mass is 16.5. The molecule has 0 bridgehead atoms. The van der Waals surface area contributed by atoms with Crippen molar-refractivity contribution in [3.8, 4) is 17.6 Å². The zero-order chi connectivity index (χ0) is 12.3. The van der Waals surface area contributed by atoms with Crippen LogP contribution in [0.15, 0.2) is 42.5 Å². The second-order valence-electron chi connectivity index (χ2n) is 3.76. The van der Waals surface area contributed by atoms with Crippen molar-refractivity contribution in [3.63, 3.8) is 0 Å². The first-order chi connectivity index (χ1) is 8.19. The lowest BCUT2D eigenvalue weighted by Crippen LogP contribution is -1.90. The summed E-state index contributed by atoms with van der Waals surface area (Å²) < 4.78 is 5.65. The van der Waals surface area contributed by atoms with Gasteiger partial charge in [0.15, 0.2) is 0 Å². The smallest absolute Gasteiger partial charge is 0.127 e. The number of ether oxygens (including phenoxy) is 1. The fourth-order valence-electron chi connectivity index (χ4n) is 1.45. The predicted molar refractivity (Wildman–Crippen MR) is 66.8 cm³/mol. The van der Waals surface area contributed by atoms with Gasteiger partial charge in [0.25, 0.3) is 0 Å². The van der Waals surface area contributed by atoms with Crippen molar-refractivity contribution in [1.29, 1.82) is 5.26 Å². The van der Waals surface area contributed by atoms with Crippen LogP contribution in [0.3, 0.4) is 0 Å². The van der Waals surface area contributed by atoms with Crippen LogP contribution in [-0.4, -0.2) is 0 Å². The molecule has 2 aromatic carbocycles. The first kappa shape index (κ1) is 11.0. The minimum atomic E-state index is 0.617. The van der Waals surface area contributed by atoms with Crippen LogP contribution in [0, 0.1) is 18.3 Å². The maximum atomic E-state index is 8.68. The number of hydrogen-bond acceptors (Lipinski definition) is 3. The van der Waals surface area contributed by atoms with E-state index in [9.17, 15) is 0 Å². The van der Waals surface area contributed by atoms with Crippen LogP contribution in [0.2, 0.25) is 0 Å². The van der Waals surface area contributed by atoms with Crippen LogP contribution in [0.5, 0.6) is 11.5 Å². The molecule has 0 aliphatic carbocycles. The molecule has 0 radical (unpaired) electrons. The summed E-state index contributed by atoms with van der Waals surface area (Å²) in [5.74, 6) is 1.44. The molecule has 0 saturated heterocycles. The number of anilines is 1. The maximum absolute atomic E-state index is 8.68. The van der Waals surface area contributed by atoms with E-state index in [0.29, 0.717) is 11.3 Å². The number of nitrogen functional groups attached to an aromatic ring is 1. The normalized spacial score (nSPS) is 9.65. The van der Waals surface area contributed by atoms with Crippen molar-refractivity contribution in [2.75, 3.05) is 5.73 Å². The van der Waals surface area contributed by atoms with Crippen LogP contribution in [0.25, 0.3) is 0 Å². The molecular formula is C14H12N2O. The number of nitrogens with two attached hydrogens (primary N) is 1. The number of aryl methyl sites for hydroxylation is 1. The Hall–Kier alpha value is -2.47. The highest BCUT2D eigenvalue weighted by Crippen LogP contribution is 2.24. The lowest BCUT2D eigenvalue weighted by molar-refractivity contribution is 0.482. The summed E-state index contributed by atoms with van der Waals surface area (Å²) in [4.78, 5) is 0. The van der Waals surface area contributed by atoms with Gasteiger partial charge in [0, 0.05) is 5.69 Å². The molecule has 3 heteroatoms. The summed E-state index contributed by atoms with van der Waals surface area (Å²) in [5, 5.41) is 8.68. The molecule has 2 rings (SSSR count). The maximum Gasteiger partial charge on any atom is 0.127 e. The summed E-state index contributed by atoms with van der Waals surface area (Å²) in [7, 11) is 0. The minimum Gasteiger partial charge on any atom is -0.457 e. The monoisotopic (exact) mass is 224 g/mol. The lowest BCUT2D eigenvalue weighted by atomic mass is 10.2. The average Bonchev–Trinajstić information content (AvgIpc) is 2.35. The van der Waals surface area contributed by atoms with Crippen molar-refractivity contribution < 1.29 is 4.74 Å². The Balaban J connectivity index is 2.20. The molecule has 0 fully saturated rings. The Morgan fingerprint density at radius 3 is 2.29 bits per heavy atom. The van der Waals surface area contributed by atoms with Crippen LogP contribution in [-0.2, 0) is 0 Å². The first-order valence-electron chi connectivity index (χ1n) is 5.23. The van der Waals surface area contributed by atoms with E-state index in [1.54, 1.807) is 24.3 Å². The Labute approximate surface area is 100 Å². The van der Waals surface area contributed by atoms with E-state index >= 15 is 0 Å². The van der Waals surface area contributed by atoms with Gasteiger partial charge in [0.1, 0.15) is 11.5 Å². The molecule has 0 unspecified atom stereocenters. The van der Waals surface area contributed by atoms with Crippen LogP contribution < -0.4 is 10.5 Å². The number of hydrogen-bond donors (Lipinski definition) is 1. The number of nitrogens with zero attached hydrogens (tertiary/aromatic N) is 1. The van der Waals surface area contributed by atoms with Gasteiger partial charge in [-0.15, -0.1) is 0 Å². The zero-order valence-corrected chi connectivity index (χ0v) is 9.47. The number of rotatable bonds is 2. The molecule has 0 aromatic heterocycles. The van der Waals surface area contributed by atoms with Crippen LogP contribution in [0.4, 0.5) is 5.69 Å². The lowest BCUT2D eigenvalue weighted by Gasteiger charge is -2.07. The van der Waals surface area contributed by atoms with E-state index in [1.165, 1.54) is 0 Å². The fraction of sp³-hybridized carbons (Fsp3) is 0.0714. The quantitative estimate of drug-likeness (QED) is 0.796. The molecule has 0 aliphatic heterocycles. The van der Waals surface area contributed by atoms with E-state index in [2.05, 4.69) is 6.07 Å². The first-order valence-corrected chi connectivity index (χ1v) is 5.23. The number of benzene rings is 2. The third kappa shape index (κ3) is 2.56. The molecular weight excluding hydrogens is 212 g/mol. The van der Waals surface area contributed by atoms with Crippen molar-refractivity contribution in [3.05, 3.63) is 53.6 Å². The molecule has 2 aromatic rings. The van der Waals surface area contributed by atoms with Gasteiger partial charge >= 0.3 is 0 Å². The van der Waals surface area contributed by atoms with Crippen molar-refractivity contribution in [2.24, 2.45) is 0 Å². The van der Waals surface area contributed by atoms with Gasteiger partial charge in [0.2, 0.25) is 0 Å². The van der Waals surface area contributed by atoms with E-state index in [1.807, 2.05) is 25.1 Å². The zero-order valence-electron chi connectivity index (χ0n) is 9.47. The van der Waals surface area contributed by atoms with Gasteiger partial charge in [-0.3, -0.25) is 0 Å². The SMILES string of the molecule is Cc1cc(Oc2ccc(C#N)cc2)ccc1N. The molecule has 0 spiro atoms. The van der Waals surface area contributed by atoms with E-state index in [-0.39, 0.29) is 0 Å². The van der Waals surface area contributed by atoms with Gasteiger partial charge in [-0.25, -0.2) is 0 Å². The van der Waals surface area contributed by atoms with Crippen molar-refractivity contribution >= 4 is 5.69 Å². The van der Waals surface area contributed by atoms with Gasteiger partial charge in [-0.2, -0.15) is 5.26 Å². The molecule has 2 N–H and O–H groups in total. The van der Waals surface area contributed by atoms with Crippen molar-refractivity contribution in [1.82, 2.24) is 0 Å². The Bertz CT molecular complexity index is 568. The molecule has 17 heavy (non-hydrogen) atoms. The minimum absolute atomic E-state index is 0.617. The summed E-state index contributed by atoms with van der Waals surface area (Å²) in [6.45, 7) is 1.93. The average molecular weight is 224 g/mol. The second-order valence-corrected chi connectivity index (χ2v) is 3.76. The number of nitriles is 1. The molecule has 0 heterocycles. The molecule has 0 amide bonds. The fourth-order valence-corrected chi connectivity index (χ4v) is 1.45. The standard InChI is InChI=1S/C14H12N2O/c1-10-8-13(6-7-14(10)16)17-12-4-2-11(9-15)3-5-12/h2-8H,16H2,1H3. The van der Waals surface area contributed by atoms with Gasteiger partial charge in [0.05, 0.1) is 11.6 Å². The summed E-state index contributed by atoms with van der Waals surface area (Å²) >= 11 is 0.